The van der Waals surface area contributed by atoms with Crippen molar-refractivity contribution in [2.45, 2.75) is 49.8 Å². The van der Waals surface area contributed by atoms with Gasteiger partial charge in [-0.15, -0.1) is 0 Å². The molecule has 1 aliphatic carbocycles. The lowest BCUT2D eigenvalue weighted by Gasteiger charge is -2.30. The average molecular weight is 281 g/mol. The molecular formula is C15H23NO2S. The molecule has 2 rings (SSSR count). The van der Waals surface area contributed by atoms with E-state index in [9.17, 15) is 8.42 Å². The molecule has 4 heteroatoms. The van der Waals surface area contributed by atoms with E-state index >= 15 is 0 Å². The molecule has 0 radical (unpaired) electrons. The standard InChI is InChI=1S/C15H23NO2S/c1-11-7-5-6-8-12(11)19(17,18)13-9-10-15(2,3)14(13)16-4/h5-8,13-14,16H,9-10H2,1-4H3. The fraction of sp³-hybridized carbons (Fsp3) is 0.600. The molecule has 1 aliphatic rings. The van der Waals surface area contributed by atoms with Crippen molar-refractivity contribution in [2.24, 2.45) is 5.41 Å². The number of hydrogen-bond donors (Lipinski definition) is 1. The summed E-state index contributed by atoms with van der Waals surface area (Å²) in [7, 11) is -1.40. The Morgan fingerprint density at radius 2 is 1.89 bits per heavy atom. The van der Waals surface area contributed by atoms with Crippen LogP contribution in [0, 0.1) is 12.3 Å². The van der Waals surface area contributed by atoms with Gasteiger partial charge in [0.2, 0.25) is 0 Å². The molecule has 3 nitrogen and oxygen atoms in total. The van der Waals surface area contributed by atoms with Crippen molar-refractivity contribution >= 4 is 9.84 Å². The summed E-state index contributed by atoms with van der Waals surface area (Å²) in [6, 6.07) is 7.28. The van der Waals surface area contributed by atoms with Crippen LogP contribution in [0.4, 0.5) is 0 Å². The van der Waals surface area contributed by atoms with Gasteiger partial charge in [0.1, 0.15) is 0 Å². The number of hydrogen-bond acceptors (Lipinski definition) is 3. The van der Waals surface area contributed by atoms with Crippen molar-refractivity contribution in [2.75, 3.05) is 7.05 Å². The number of rotatable bonds is 3. The van der Waals surface area contributed by atoms with Crippen LogP contribution in [0.5, 0.6) is 0 Å². The summed E-state index contributed by atoms with van der Waals surface area (Å²) in [4.78, 5) is 0.484. The van der Waals surface area contributed by atoms with Crippen LogP contribution in [0.25, 0.3) is 0 Å². The van der Waals surface area contributed by atoms with E-state index in [1.165, 1.54) is 0 Å². The summed E-state index contributed by atoms with van der Waals surface area (Å²) in [5.41, 5.74) is 0.858. The van der Waals surface area contributed by atoms with Crippen LogP contribution in [0.15, 0.2) is 29.2 Å². The summed E-state index contributed by atoms with van der Waals surface area (Å²) in [5, 5.41) is 2.90. The molecule has 1 aromatic rings. The average Bonchev–Trinajstić information content (AvgIpc) is 2.65. The van der Waals surface area contributed by atoms with E-state index < -0.39 is 9.84 Å². The predicted octanol–water partition coefficient (Wildman–Crippen LogP) is 2.55. The largest absolute Gasteiger partial charge is 0.315 e. The lowest BCUT2D eigenvalue weighted by atomic mass is 9.87. The topological polar surface area (TPSA) is 46.2 Å². The van der Waals surface area contributed by atoms with Gasteiger partial charge in [-0.2, -0.15) is 0 Å². The van der Waals surface area contributed by atoms with Crippen LogP contribution < -0.4 is 5.32 Å². The van der Waals surface area contributed by atoms with Gasteiger partial charge in [0.15, 0.2) is 9.84 Å². The Bertz CT molecular complexity index is 563. The SMILES string of the molecule is CNC1C(S(=O)(=O)c2ccccc2C)CCC1(C)C. The van der Waals surface area contributed by atoms with Crippen molar-refractivity contribution in [3.8, 4) is 0 Å². The highest BCUT2D eigenvalue weighted by atomic mass is 32.2. The Morgan fingerprint density at radius 3 is 2.47 bits per heavy atom. The molecule has 2 atom stereocenters. The van der Waals surface area contributed by atoms with Crippen LogP contribution in [-0.2, 0) is 9.84 Å². The fourth-order valence-electron chi connectivity index (χ4n) is 3.29. The van der Waals surface area contributed by atoms with Crippen molar-refractivity contribution in [3.63, 3.8) is 0 Å². The first kappa shape index (κ1) is 14.5. The lowest BCUT2D eigenvalue weighted by Crippen LogP contribution is -2.45. The van der Waals surface area contributed by atoms with Crippen molar-refractivity contribution in [3.05, 3.63) is 29.8 Å². The van der Waals surface area contributed by atoms with Gasteiger partial charge < -0.3 is 5.32 Å². The summed E-state index contributed by atoms with van der Waals surface area (Å²) in [6.07, 6.45) is 1.67. The second-order valence-electron chi connectivity index (χ2n) is 6.14. The maximum atomic E-state index is 12.9. The quantitative estimate of drug-likeness (QED) is 0.926. The molecule has 0 heterocycles. The molecule has 0 aromatic heterocycles. The molecule has 0 amide bonds. The normalized spacial score (nSPS) is 26.5. The zero-order chi connectivity index (χ0) is 14.3. The highest BCUT2D eigenvalue weighted by Gasteiger charge is 2.47. The first-order valence-electron chi connectivity index (χ1n) is 6.77. The summed E-state index contributed by atoms with van der Waals surface area (Å²) in [6.45, 7) is 6.14. The van der Waals surface area contributed by atoms with Crippen LogP contribution in [-0.4, -0.2) is 26.8 Å². The number of nitrogens with one attached hydrogen (secondary N) is 1. The van der Waals surface area contributed by atoms with Gasteiger partial charge in [-0.3, -0.25) is 0 Å². The molecule has 0 spiro atoms. The minimum absolute atomic E-state index is 0.0112. The second kappa shape index (κ2) is 4.91. The number of benzene rings is 1. The molecular weight excluding hydrogens is 258 g/mol. The van der Waals surface area contributed by atoms with Crippen LogP contribution in [0.2, 0.25) is 0 Å². The predicted molar refractivity (Wildman–Crippen MR) is 78.0 cm³/mol. The molecule has 0 bridgehead atoms. The molecule has 1 saturated carbocycles. The van der Waals surface area contributed by atoms with Crippen LogP contribution in [0.3, 0.4) is 0 Å². The molecule has 1 aromatic carbocycles. The van der Waals surface area contributed by atoms with Crippen LogP contribution in [0.1, 0.15) is 32.3 Å². The molecule has 19 heavy (non-hydrogen) atoms. The Balaban J connectivity index is 2.44. The molecule has 1 N–H and O–H groups in total. The highest BCUT2D eigenvalue weighted by Crippen LogP contribution is 2.42. The number of aryl methyl sites for hydroxylation is 1. The third kappa shape index (κ3) is 2.43. The Kier molecular flexibility index (Phi) is 3.76. The summed E-state index contributed by atoms with van der Waals surface area (Å²) >= 11 is 0. The van der Waals surface area contributed by atoms with Gasteiger partial charge in [-0.05, 0) is 43.9 Å². The van der Waals surface area contributed by atoms with Gasteiger partial charge in [-0.1, -0.05) is 32.0 Å². The first-order chi connectivity index (χ1) is 8.80. The minimum atomic E-state index is -3.26. The lowest BCUT2D eigenvalue weighted by molar-refractivity contribution is 0.297. The zero-order valence-corrected chi connectivity index (χ0v) is 12.9. The molecule has 0 aliphatic heterocycles. The molecule has 1 fully saturated rings. The third-order valence-corrected chi connectivity index (χ3v) is 6.77. The van der Waals surface area contributed by atoms with E-state index in [1.54, 1.807) is 12.1 Å². The monoisotopic (exact) mass is 281 g/mol. The molecule has 0 saturated heterocycles. The van der Waals surface area contributed by atoms with E-state index in [0.29, 0.717) is 4.90 Å². The van der Waals surface area contributed by atoms with E-state index in [0.717, 1.165) is 18.4 Å². The third-order valence-electron chi connectivity index (χ3n) is 4.40. The summed E-state index contributed by atoms with van der Waals surface area (Å²) < 4.78 is 25.7. The van der Waals surface area contributed by atoms with Crippen molar-refractivity contribution in [1.82, 2.24) is 5.32 Å². The van der Waals surface area contributed by atoms with Crippen molar-refractivity contribution in [1.29, 1.82) is 0 Å². The highest BCUT2D eigenvalue weighted by molar-refractivity contribution is 7.92. The van der Waals surface area contributed by atoms with E-state index in [2.05, 4.69) is 19.2 Å². The maximum Gasteiger partial charge on any atom is 0.183 e. The number of sulfone groups is 1. The maximum absolute atomic E-state index is 12.9. The Morgan fingerprint density at radius 1 is 1.26 bits per heavy atom. The zero-order valence-electron chi connectivity index (χ0n) is 12.1. The van der Waals surface area contributed by atoms with Gasteiger partial charge >= 0.3 is 0 Å². The van der Waals surface area contributed by atoms with Crippen LogP contribution >= 0.6 is 0 Å². The van der Waals surface area contributed by atoms with E-state index in [1.807, 2.05) is 26.1 Å². The molecule has 2 unspecified atom stereocenters. The van der Waals surface area contributed by atoms with Gasteiger partial charge in [0, 0.05) is 6.04 Å². The smallest absolute Gasteiger partial charge is 0.183 e. The van der Waals surface area contributed by atoms with Crippen molar-refractivity contribution < 1.29 is 8.42 Å². The fourth-order valence-corrected chi connectivity index (χ4v) is 5.69. The van der Waals surface area contributed by atoms with Gasteiger partial charge in [-0.25, -0.2) is 8.42 Å². The molecule has 106 valence electrons. The minimum Gasteiger partial charge on any atom is -0.315 e. The van der Waals surface area contributed by atoms with Gasteiger partial charge in [0.05, 0.1) is 10.1 Å². The second-order valence-corrected chi connectivity index (χ2v) is 8.28. The first-order valence-corrected chi connectivity index (χ1v) is 8.32. The Hall–Kier alpha value is -0.870. The van der Waals surface area contributed by atoms with E-state index in [4.69, 9.17) is 0 Å². The van der Waals surface area contributed by atoms with Gasteiger partial charge in [0.25, 0.3) is 0 Å². The van der Waals surface area contributed by atoms with E-state index in [-0.39, 0.29) is 16.7 Å². The summed E-state index contributed by atoms with van der Waals surface area (Å²) in [5.74, 6) is 0. The Labute approximate surface area is 116 Å².